The van der Waals surface area contributed by atoms with Crippen LogP contribution in [0.15, 0.2) is 23.1 Å². The van der Waals surface area contributed by atoms with Gasteiger partial charge in [0.25, 0.3) is 5.91 Å². The van der Waals surface area contributed by atoms with E-state index in [9.17, 15) is 18.0 Å². The number of sulfonamides is 1. The summed E-state index contributed by atoms with van der Waals surface area (Å²) in [5.74, 6) is 0.279. The second kappa shape index (κ2) is 7.95. The Bertz CT molecular complexity index is 903. The molecule has 3 aliphatic heterocycles. The molecule has 0 radical (unpaired) electrons. The average molecular weight is 422 g/mol. The molecular formula is C20H27N3O5S. The lowest BCUT2D eigenvalue weighted by atomic mass is 9.97. The van der Waals surface area contributed by atoms with Crippen LogP contribution in [0, 0.1) is 5.92 Å². The van der Waals surface area contributed by atoms with E-state index < -0.39 is 16.1 Å². The van der Waals surface area contributed by atoms with Gasteiger partial charge in [-0.1, -0.05) is 6.92 Å². The van der Waals surface area contributed by atoms with Gasteiger partial charge in [0, 0.05) is 32.1 Å². The molecule has 0 bridgehead atoms. The fourth-order valence-corrected chi connectivity index (χ4v) is 5.74. The zero-order valence-electron chi connectivity index (χ0n) is 16.6. The molecule has 158 valence electrons. The van der Waals surface area contributed by atoms with Gasteiger partial charge in [-0.3, -0.25) is 9.59 Å². The number of anilines is 1. The molecule has 2 saturated heterocycles. The maximum Gasteiger partial charge on any atom is 0.265 e. The standard InChI is InChI=1S/C20H27N3O5S/c1-2-17-19(24)21-16-13-15(5-6-18(16)28-17)29(26,27)23-11-7-14(8-12-23)20(25)22-9-3-4-10-22/h5-6,13-14,17H,2-4,7-12H2,1H3,(H,21,24)/t17-/m0/s1. The second-order valence-corrected chi connectivity index (χ2v) is 9.81. The van der Waals surface area contributed by atoms with Crippen LogP contribution in [-0.4, -0.2) is 61.7 Å². The highest BCUT2D eigenvalue weighted by Crippen LogP contribution is 2.34. The van der Waals surface area contributed by atoms with E-state index in [2.05, 4.69) is 5.32 Å². The van der Waals surface area contributed by atoms with Crippen LogP contribution >= 0.6 is 0 Å². The van der Waals surface area contributed by atoms with Gasteiger partial charge in [-0.2, -0.15) is 4.31 Å². The number of benzene rings is 1. The van der Waals surface area contributed by atoms with E-state index in [1.807, 2.05) is 11.8 Å². The number of hydrogen-bond donors (Lipinski definition) is 1. The SMILES string of the molecule is CC[C@@H]1Oc2ccc(S(=O)(=O)N3CCC(C(=O)N4CCCC4)CC3)cc2NC1=O. The number of likely N-dealkylation sites (tertiary alicyclic amines) is 1. The highest BCUT2D eigenvalue weighted by molar-refractivity contribution is 7.89. The fourth-order valence-electron chi connectivity index (χ4n) is 4.25. The van der Waals surface area contributed by atoms with E-state index in [1.54, 1.807) is 6.07 Å². The third-order valence-electron chi connectivity index (χ3n) is 6.00. The number of hydrogen-bond acceptors (Lipinski definition) is 5. The molecule has 2 amide bonds. The Balaban J connectivity index is 1.45. The van der Waals surface area contributed by atoms with Crippen molar-refractivity contribution in [3.8, 4) is 5.75 Å². The number of fused-ring (bicyclic) bond motifs is 1. The number of rotatable bonds is 4. The molecule has 0 aromatic heterocycles. The first-order valence-corrected chi connectivity index (χ1v) is 11.7. The number of amides is 2. The number of ether oxygens (including phenoxy) is 1. The Labute approximate surface area is 171 Å². The Kier molecular flexibility index (Phi) is 5.52. The molecule has 3 aliphatic rings. The van der Waals surface area contributed by atoms with Gasteiger partial charge < -0.3 is 15.0 Å². The normalized spacial score (nSPS) is 23.4. The van der Waals surface area contributed by atoms with Gasteiger partial charge >= 0.3 is 0 Å². The Morgan fingerprint density at radius 3 is 2.52 bits per heavy atom. The molecule has 1 N–H and O–H groups in total. The summed E-state index contributed by atoms with van der Waals surface area (Å²) >= 11 is 0. The van der Waals surface area contributed by atoms with Gasteiger partial charge in [-0.15, -0.1) is 0 Å². The first-order chi connectivity index (χ1) is 13.9. The number of nitrogens with zero attached hydrogens (tertiary/aromatic N) is 2. The summed E-state index contributed by atoms with van der Waals surface area (Å²) in [5.41, 5.74) is 0.375. The maximum atomic E-state index is 13.1. The number of nitrogens with one attached hydrogen (secondary N) is 1. The van der Waals surface area contributed by atoms with Crippen molar-refractivity contribution in [2.45, 2.75) is 50.0 Å². The molecule has 0 saturated carbocycles. The summed E-state index contributed by atoms with van der Waals surface area (Å²) in [6, 6.07) is 4.56. The summed E-state index contributed by atoms with van der Waals surface area (Å²) in [6.45, 7) is 4.14. The van der Waals surface area contributed by atoms with Crippen LogP contribution in [0.4, 0.5) is 5.69 Å². The molecule has 0 aliphatic carbocycles. The lowest BCUT2D eigenvalue weighted by Gasteiger charge is -2.32. The van der Waals surface area contributed by atoms with Crippen molar-refractivity contribution < 1.29 is 22.7 Å². The van der Waals surface area contributed by atoms with Crippen LogP contribution in [0.1, 0.15) is 39.0 Å². The van der Waals surface area contributed by atoms with Crippen LogP contribution in [0.3, 0.4) is 0 Å². The minimum atomic E-state index is -3.70. The van der Waals surface area contributed by atoms with Crippen molar-refractivity contribution in [3.63, 3.8) is 0 Å². The molecule has 1 atom stereocenters. The van der Waals surface area contributed by atoms with Gasteiger partial charge in [0.15, 0.2) is 6.10 Å². The highest BCUT2D eigenvalue weighted by Gasteiger charge is 2.35. The van der Waals surface area contributed by atoms with Crippen molar-refractivity contribution in [3.05, 3.63) is 18.2 Å². The van der Waals surface area contributed by atoms with E-state index >= 15 is 0 Å². The third kappa shape index (κ3) is 3.85. The average Bonchev–Trinajstić information content (AvgIpc) is 3.27. The molecule has 29 heavy (non-hydrogen) atoms. The van der Waals surface area contributed by atoms with Crippen LogP contribution in [0.5, 0.6) is 5.75 Å². The maximum absolute atomic E-state index is 13.1. The number of carbonyl (C=O) groups excluding carboxylic acids is 2. The summed E-state index contributed by atoms with van der Waals surface area (Å²) in [5, 5.41) is 2.73. The first-order valence-electron chi connectivity index (χ1n) is 10.3. The number of carbonyl (C=O) groups is 2. The quantitative estimate of drug-likeness (QED) is 0.800. The third-order valence-corrected chi connectivity index (χ3v) is 7.89. The first kappa shape index (κ1) is 20.2. The molecule has 3 heterocycles. The van der Waals surface area contributed by atoms with E-state index in [0.717, 1.165) is 25.9 Å². The van der Waals surface area contributed by atoms with Gasteiger partial charge in [0.05, 0.1) is 10.6 Å². The molecule has 4 rings (SSSR count). The Morgan fingerprint density at radius 1 is 1.17 bits per heavy atom. The monoisotopic (exact) mass is 421 g/mol. The zero-order valence-corrected chi connectivity index (χ0v) is 17.4. The molecule has 0 unspecified atom stereocenters. The van der Waals surface area contributed by atoms with Crippen LogP contribution in [0.25, 0.3) is 0 Å². The summed E-state index contributed by atoms with van der Waals surface area (Å²) < 4.78 is 33.2. The van der Waals surface area contributed by atoms with Crippen LogP contribution < -0.4 is 10.1 Å². The van der Waals surface area contributed by atoms with E-state index in [4.69, 9.17) is 4.74 Å². The van der Waals surface area contributed by atoms with Crippen molar-refractivity contribution >= 4 is 27.5 Å². The molecule has 1 aromatic carbocycles. The largest absolute Gasteiger partial charge is 0.478 e. The fraction of sp³-hybridized carbons (Fsp3) is 0.600. The molecular weight excluding hydrogens is 394 g/mol. The topological polar surface area (TPSA) is 96.0 Å². The van der Waals surface area contributed by atoms with E-state index in [0.29, 0.717) is 43.8 Å². The molecule has 8 nitrogen and oxygen atoms in total. The predicted octanol–water partition coefficient (Wildman–Crippen LogP) is 1.82. The van der Waals surface area contributed by atoms with Gasteiger partial charge in [0.1, 0.15) is 5.75 Å². The smallest absolute Gasteiger partial charge is 0.265 e. The van der Waals surface area contributed by atoms with Crippen molar-refractivity contribution in [2.24, 2.45) is 5.92 Å². The highest BCUT2D eigenvalue weighted by atomic mass is 32.2. The minimum absolute atomic E-state index is 0.0956. The zero-order chi connectivity index (χ0) is 20.6. The van der Waals surface area contributed by atoms with Crippen LogP contribution in [0.2, 0.25) is 0 Å². The predicted molar refractivity (Wildman–Crippen MR) is 107 cm³/mol. The summed E-state index contributed by atoms with van der Waals surface area (Å²) in [4.78, 5) is 26.6. The van der Waals surface area contributed by atoms with Gasteiger partial charge in [0.2, 0.25) is 15.9 Å². The summed E-state index contributed by atoms with van der Waals surface area (Å²) in [6.07, 6.45) is 3.16. The summed E-state index contributed by atoms with van der Waals surface area (Å²) in [7, 11) is -3.70. The van der Waals surface area contributed by atoms with Crippen molar-refractivity contribution in [1.29, 1.82) is 0 Å². The lowest BCUT2D eigenvalue weighted by Crippen LogP contribution is -2.43. The Hall–Kier alpha value is -2.13. The number of piperidine rings is 1. The molecule has 9 heteroatoms. The van der Waals surface area contributed by atoms with Gasteiger partial charge in [-0.25, -0.2) is 8.42 Å². The second-order valence-electron chi connectivity index (χ2n) is 7.87. The van der Waals surface area contributed by atoms with Crippen LogP contribution in [-0.2, 0) is 19.6 Å². The van der Waals surface area contributed by atoms with Crippen molar-refractivity contribution in [2.75, 3.05) is 31.5 Å². The van der Waals surface area contributed by atoms with Gasteiger partial charge in [-0.05, 0) is 50.3 Å². The molecule has 0 spiro atoms. The molecule has 2 fully saturated rings. The lowest BCUT2D eigenvalue weighted by molar-refractivity contribution is -0.135. The minimum Gasteiger partial charge on any atom is -0.478 e. The van der Waals surface area contributed by atoms with E-state index in [1.165, 1.54) is 16.4 Å². The van der Waals surface area contributed by atoms with Crippen molar-refractivity contribution in [1.82, 2.24) is 9.21 Å². The van der Waals surface area contributed by atoms with E-state index in [-0.39, 0.29) is 22.6 Å². The Morgan fingerprint density at radius 2 is 1.86 bits per heavy atom. The molecule has 1 aromatic rings.